The molecule has 1 aliphatic rings. The van der Waals surface area contributed by atoms with Crippen LogP contribution in [0.25, 0.3) is 0 Å². The van der Waals surface area contributed by atoms with Gasteiger partial charge in [0.25, 0.3) is 0 Å². The Morgan fingerprint density at radius 2 is 2.33 bits per heavy atom. The van der Waals surface area contributed by atoms with Crippen molar-refractivity contribution in [3.8, 4) is 0 Å². The maximum absolute atomic E-state index is 3.40. The summed E-state index contributed by atoms with van der Waals surface area (Å²) in [7, 11) is 0. The van der Waals surface area contributed by atoms with E-state index in [1.807, 2.05) is 0 Å². The van der Waals surface area contributed by atoms with Crippen molar-refractivity contribution in [3.63, 3.8) is 0 Å². The van der Waals surface area contributed by atoms with Gasteiger partial charge < -0.3 is 5.32 Å². The number of likely N-dealkylation sites (tertiary alicyclic amines) is 1. The minimum Gasteiger partial charge on any atom is -0.315 e. The lowest BCUT2D eigenvalue weighted by molar-refractivity contribution is 0.199. The molecule has 2 atom stereocenters. The predicted octanol–water partition coefficient (Wildman–Crippen LogP) is 1.47. The molecule has 1 heterocycles. The van der Waals surface area contributed by atoms with E-state index in [-0.39, 0.29) is 0 Å². The van der Waals surface area contributed by atoms with Gasteiger partial charge in [-0.3, -0.25) is 4.90 Å². The highest BCUT2D eigenvalue weighted by atomic mass is 15.2. The molecule has 1 rings (SSSR count). The van der Waals surface area contributed by atoms with Crippen LogP contribution in [0.1, 0.15) is 33.6 Å². The topological polar surface area (TPSA) is 15.3 Å². The Hall–Kier alpha value is -0.0800. The van der Waals surface area contributed by atoms with Crippen molar-refractivity contribution in [2.24, 2.45) is 0 Å². The molecule has 1 N–H and O–H groups in total. The van der Waals surface area contributed by atoms with Crippen molar-refractivity contribution in [3.05, 3.63) is 0 Å². The number of hydrogen-bond acceptors (Lipinski definition) is 2. The highest BCUT2D eigenvalue weighted by Gasteiger charge is 2.24. The molecule has 2 nitrogen and oxygen atoms in total. The van der Waals surface area contributed by atoms with Crippen LogP contribution in [-0.4, -0.2) is 36.6 Å². The zero-order valence-electron chi connectivity index (χ0n) is 8.64. The molecule has 0 amide bonds. The minimum absolute atomic E-state index is 0.711. The molecule has 2 heteroatoms. The molecular weight excluding hydrogens is 148 g/mol. The van der Waals surface area contributed by atoms with Crippen LogP contribution in [-0.2, 0) is 0 Å². The molecule has 0 radical (unpaired) electrons. The molecule has 0 aromatic carbocycles. The molecule has 0 aromatic heterocycles. The van der Waals surface area contributed by atoms with E-state index >= 15 is 0 Å². The van der Waals surface area contributed by atoms with Gasteiger partial charge in [0.05, 0.1) is 0 Å². The normalized spacial score (nSPS) is 27.8. The molecule has 72 valence electrons. The van der Waals surface area contributed by atoms with E-state index < -0.39 is 0 Å². The quantitative estimate of drug-likeness (QED) is 0.687. The first-order valence-electron chi connectivity index (χ1n) is 5.22. The summed E-state index contributed by atoms with van der Waals surface area (Å²) < 4.78 is 0. The molecule has 1 saturated heterocycles. The minimum atomic E-state index is 0.711. The Labute approximate surface area is 76.3 Å². The van der Waals surface area contributed by atoms with E-state index in [2.05, 4.69) is 31.0 Å². The van der Waals surface area contributed by atoms with Gasteiger partial charge >= 0.3 is 0 Å². The van der Waals surface area contributed by atoms with E-state index in [1.165, 1.54) is 19.4 Å². The van der Waals surface area contributed by atoms with Crippen LogP contribution < -0.4 is 5.32 Å². The fourth-order valence-corrected chi connectivity index (χ4v) is 2.08. The van der Waals surface area contributed by atoms with Gasteiger partial charge in [-0.2, -0.15) is 0 Å². The Kier molecular flexibility index (Phi) is 4.02. The van der Waals surface area contributed by atoms with E-state index in [0.717, 1.165) is 19.1 Å². The smallest absolute Gasteiger partial charge is 0.0195 e. The van der Waals surface area contributed by atoms with Crippen LogP contribution in [0, 0.1) is 0 Å². The van der Waals surface area contributed by atoms with E-state index in [1.54, 1.807) is 0 Å². The van der Waals surface area contributed by atoms with Crippen LogP contribution in [0.4, 0.5) is 0 Å². The van der Waals surface area contributed by atoms with Crippen molar-refractivity contribution >= 4 is 0 Å². The number of rotatable bonds is 4. The molecule has 0 aliphatic carbocycles. The molecule has 12 heavy (non-hydrogen) atoms. The summed E-state index contributed by atoms with van der Waals surface area (Å²) in [4.78, 5) is 2.61. The molecule has 1 fully saturated rings. The summed E-state index contributed by atoms with van der Waals surface area (Å²) in [5.74, 6) is 0. The van der Waals surface area contributed by atoms with Crippen molar-refractivity contribution in [2.45, 2.75) is 45.7 Å². The summed E-state index contributed by atoms with van der Waals surface area (Å²) in [6, 6.07) is 1.51. The second kappa shape index (κ2) is 4.83. The van der Waals surface area contributed by atoms with Crippen LogP contribution in [0.3, 0.4) is 0 Å². The van der Waals surface area contributed by atoms with Crippen LogP contribution in [0.5, 0.6) is 0 Å². The van der Waals surface area contributed by atoms with Crippen LogP contribution in [0.15, 0.2) is 0 Å². The Morgan fingerprint density at radius 1 is 1.58 bits per heavy atom. The van der Waals surface area contributed by atoms with Gasteiger partial charge in [0.15, 0.2) is 0 Å². The standard InChI is InChI=1S/C10H22N2/c1-4-11-8-10(3)12-7-5-6-9(12)2/h9-11H,4-8H2,1-3H3. The van der Waals surface area contributed by atoms with Gasteiger partial charge in [0.1, 0.15) is 0 Å². The SMILES string of the molecule is CCNCC(C)N1CCCC1C. The lowest BCUT2D eigenvalue weighted by Crippen LogP contribution is -2.42. The van der Waals surface area contributed by atoms with Gasteiger partial charge in [-0.1, -0.05) is 6.92 Å². The molecule has 0 aromatic rings. The average molecular weight is 170 g/mol. The molecule has 2 unspecified atom stereocenters. The molecule has 0 spiro atoms. The van der Waals surface area contributed by atoms with E-state index in [9.17, 15) is 0 Å². The summed E-state index contributed by atoms with van der Waals surface area (Å²) in [5.41, 5.74) is 0. The summed E-state index contributed by atoms with van der Waals surface area (Å²) in [6.07, 6.45) is 2.77. The summed E-state index contributed by atoms with van der Waals surface area (Å²) in [6.45, 7) is 10.4. The predicted molar refractivity (Wildman–Crippen MR) is 53.4 cm³/mol. The lowest BCUT2D eigenvalue weighted by atomic mass is 10.2. The molecular formula is C10H22N2. The fourth-order valence-electron chi connectivity index (χ4n) is 2.08. The van der Waals surface area contributed by atoms with Crippen molar-refractivity contribution in [1.82, 2.24) is 10.2 Å². The second-order valence-corrected chi connectivity index (χ2v) is 3.89. The Morgan fingerprint density at radius 3 is 2.83 bits per heavy atom. The highest BCUT2D eigenvalue weighted by Crippen LogP contribution is 2.18. The number of nitrogens with zero attached hydrogens (tertiary/aromatic N) is 1. The van der Waals surface area contributed by atoms with Crippen molar-refractivity contribution in [1.29, 1.82) is 0 Å². The molecule has 1 aliphatic heterocycles. The van der Waals surface area contributed by atoms with Gasteiger partial charge in [0, 0.05) is 18.6 Å². The monoisotopic (exact) mass is 170 g/mol. The average Bonchev–Trinajstić information content (AvgIpc) is 2.47. The van der Waals surface area contributed by atoms with Crippen LogP contribution >= 0.6 is 0 Å². The van der Waals surface area contributed by atoms with Gasteiger partial charge in [-0.15, -0.1) is 0 Å². The van der Waals surface area contributed by atoms with E-state index in [4.69, 9.17) is 0 Å². The van der Waals surface area contributed by atoms with Gasteiger partial charge in [-0.25, -0.2) is 0 Å². The lowest BCUT2D eigenvalue weighted by Gasteiger charge is -2.28. The largest absolute Gasteiger partial charge is 0.315 e. The third-order valence-corrected chi connectivity index (χ3v) is 2.86. The van der Waals surface area contributed by atoms with Crippen molar-refractivity contribution in [2.75, 3.05) is 19.6 Å². The fraction of sp³-hybridized carbons (Fsp3) is 1.00. The number of likely N-dealkylation sites (N-methyl/N-ethyl adjacent to an activating group) is 1. The van der Waals surface area contributed by atoms with Gasteiger partial charge in [-0.05, 0) is 39.8 Å². The Balaban J connectivity index is 2.25. The van der Waals surface area contributed by atoms with Crippen LogP contribution in [0.2, 0.25) is 0 Å². The molecule has 0 bridgehead atoms. The van der Waals surface area contributed by atoms with Gasteiger partial charge in [0.2, 0.25) is 0 Å². The first kappa shape index (κ1) is 10.0. The maximum Gasteiger partial charge on any atom is 0.0195 e. The highest BCUT2D eigenvalue weighted by molar-refractivity contribution is 4.80. The number of hydrogen-bond donors (Lipinski definition) is 1. The molecule has 0 saturated carbocycles. The second-order valence-electron chi connectivity index (χ2n) is 3.89. The zero-order chi connectivity index (χ0) is 8.97. The number of nitrogens with one attached hydrogen (secondary N) is 1. The maximum atomic E-state index is 3.40. The third-order valence-electron chi connectivity index (χ3n) is 2.86. The zero-order valence-corrected chi connectivity index (χ0v) is 8.64. The summed E-state index contributed by atoms with van der Waals surface area (Å²) >= 11 is 0. The third kappa shape index (κ3) is 2.46. The first-order valence-corrected chi connectivity index (χ1v) is 5.22. The first-order chi connectivity index (χ1) is 5.75. The summed E-state index contributed by atoms with van der Waals surface area (Å²) in [5, 5.41) is 3.40. The Bertz CT molecular complexity index is 125. The van der Waals surface area contributed by atoms with Crippen molar-refractivity contribution < 1.29 is 0 Å². The van der Waals surface area contributed by atoms with E-state index in [0.29, 0.717) is 6.04 Å².